The fraction of sp³-hybridized carbons (Fsp3) is 0.700. The summed E-state index contributed by atoms with van der Waals surface area (Å²) in [5, 5.41) is 12.8. The van der Waals surface area contributed by atoms with E-state index in [9.17, 15) is 4.79 Å². The smallest absolute Gasteiger partial charge is 0.311 e. The van der Waals surface area contributed by atoms with Crippen LogP contribution < -0.4 is 5.32 Å². The molecule has 5 nitrogen and oxygen atoms in total. The molecule has 0 aliphatic rings. The first kappa shape index (κ1) is 12.9. The Morgan fingerprint density at radius 1 is 1.56 bits per heavy atom. The molecule has 1 heterocycles. The van der Waals surface area contributed by atoms with Crippen LogP contribution >= 0.6 is 11.5 Å². The topological polar surface area (TPSA) is 75.1 Å². The highest BCUT2D eigenvalue weighted by molar-refractivity contribution is 7.09. The van der Waals surface area contributed by atoms with Crippen LogP contribution in [0.1, 0.15) is 33.0 Å². The molecule has 0 aliphatic carbocycles. The molecule has 1 atom stereocenters. The van der Waals surface area contributed by atoms with E-state index >= 15 is 0 Å². The van der Waals surface area contributed by atoms with E-state index in [4.69, 9.17) is 5.11 Å². The normalized spacial score (nSPS) is 14.4. The lowest BCUT2D eigenvalue weighted by atomic mass is 9.88. The van der Waals surface area contributed by atoms with E-state index in [1.54, 1.807) is 6.92 Å². The second kappa shape index (κ2) is 5.25. The summed E-state index contributed by atoms with van der Waals surface area (Å²) < 4.78 is 4.13. The van der Waals surface area contributed by atoms with Gasteiger partial charge in [0.25, 0.3) is 0 Å². The third kappa shape index (κ3) is 2.91. The van der Waals surface area contributed by atoms with Crippen molar-refractivity contribution in [2.24, 2.45) is 5.41 Å². The van der Waals surface area contributed by atoms with Crippen molar-refractivity contribution in [2.45, 2.75) is 33.6 Å². The van der Waals surface area contributed by atoms with Gasteiger partial charge in [0.1, 0.15) is 5.82 Å². The molecule has 6 heteroatoms. The molecule has 0 bridgehead atoms. The number of carboxylic acid groups (broad SMARTS) is 1. The molecule has 0 saturated heterocycles. The predicted octanol–water partition coefficient (Wildman–Crippen LogP) is 2.01. The van der Waals surface area contributed by atoms with Gasteiger partial charge < -0.3 is 10.4 Å². The fourth-order valence-electron chi connectivity index (χ4n) is 1.09. The van der Waals surface area contributed by atoms with Crippen LogP contribution in [0.2, 0.25) is 0 Å². The molecule has 2 N–H and O–H groups in total. The molecule has 90 valence electrons. The number of carboxylic acids is 1. The number of nitrogens with one attached hydrogen (secondary N) is 1. The number of aromatic nitrogens is 2. The van der Waals surface area contributed by atoms with Crippen LogP contribution in [0, 0.1) is 5.41 Å². The zero-order valence-corrected chi connectivity index (χ0v) is 10.6. The van der Waals surface area contributed by atoms with E-state index < -0.39 is 11.4 Å². The van der Waals surface area contributed by atoms with E-state index in [0.717, 1.165) is 12.2 Å². The molecule has 0 fully saturated rings. The SMILES string of the molecule is CCc1nsc(NCC(C)(CC)C(=O)O)n1. The average molecular weight is 243 g/mol. The molecule has 0 aromatic carbocycles. The molecule has 0 saturated carbocycles. The Morgan fingerprint density at radius 3 is 2.69 bits per heavy atom. The third-order valence-corrected chi connectivity index (χ3v) is 3.42. The van der Waals surface area contributed by atoms with E-state index in [0.29, 0.717) is 18.1 Å². The summed E-state index contributed by atoms with van der Waals surface area (Å²) in [6.45, 7) is 5.95. The van der Waals surface area contributed by atoms with Gasteiger partial charge in [0, 0.05) is 24.5 Å². The van der Waals surface area contributed by atoms with Gasteiger partial charge in [-0.15, -0.1) is 0 Å². The highest BCUT2D eigenvalue weighted by Crippen LogP contribution is 2.22. The van der Waals surface area contributed by atoms with Crippen LogP contribution in [0.3, 0.4) is 0 Å². The molecule has 16 heavy (non-hydrogen) atoms. The summed E-state index contributed by atoms with van der Waals surface area (Å²) in [5.41, 5.74) is -0.752. The molecular formula is C10H17N3O2S. The Balaban J connectivity index is 2.59. The lowest BCUT2D eigenvalue weighted by Crippen LogP contribution is -2.34. The Hall–Kier alpha value is -1.17. The standard InChI is InChI=1S/C10H17N3O2S/c1-4-7-12-9(16-13-7)11-6-10(3,5-2)8(14)15/h4-6H2,1-3H3,(H,14,15)(H,11,12,13). The molecule has 1 aromatic heterocycles. The van der Waals surface area contributed by atoms with Gasteiger partial charge >= 0.3 is 5.97 Å². The van der Waals surface area contributed by atoms with E-state index in [1.807, 2.05) is 13.8 Å². The Morgan fingerprint density at radius 2 is 2.25 bits per heavy atom. The van der Waals surface area contributed by atoms with Crippen LogP contribution in [0.5, 0.6) is 0 Å². The molecule has 0 amide bonds. The van der Waals surface area contributed by atoms with Gasteiger partial charge in [0.2, 0.25) is 5.13 Å². The molecule has 0 radical (unpaired) electrons. The average Bonchev–Trinajstić information content (AvgIpc) is 2.73. The molecule has 1 rings (SSSR count). The number of hydrogen-bond acceptors (Lipinski definition) is 5. The first-order valence-corrected chi connectivity index (χ1v) is 6.09. The van der Waals surface area contributed by atoms with Crippen molar-refractivity contribution < 1.29 is 9.90 Å². The number of hydrogen-bond donors (Lipinski definition) is 2. The van der Waals surface area contributed by atoms with Gasteiger partial charge in [-0.05, 0) is 13.3 Å². The minimum Gasteiger partial charge on any atom is -0.481 e. The van der Waals surface area contributed by atoms with Crippen molar-refractivity contribution in [3.63, 3.8) is 0 Å². The number of aliphatic carboxylic acids is 1. The zero-order valence-electron chi connectivity index (χ0n) is 9.78. The van der Waals surface area contributed by atoms with Crippen LogP contribution in [-0.4, -0.2) is 27.0 Å². The van der Waals surface area contributed by atoms with E-state index in [1.165, 1.54) is 11.5 Å². The fourth-order valence-corrected chi connectivity index (χ4v) is 1.74. The summed E-state index contributed by atoms with van der Waals surface area (Å²) in [7, 11) is 0. The molecule has 1 aromatic rings. The van der Waals surface area contributed by atoms with Crippen molar-refractivity contribution in [1.82, 2.24) is 9.36 Å². The zero-order chi connectivity index (χ0) is 12.2. The molecule has 1 unspecified atom stereocenters. The van der Waals surface area contributed by atoms with Crippen molar-refractivity contribution in [1.29, 1.82) is 0 Å². The largest absolute Gasteiger partial charge is 0.481 e. The van der Waals surface area contributed by atoms with Gasteiger partial charge in [-0.25, -0.2) is 4.98 Å². The number of aryl methyl sites for hydroxylation is 1. The van der Waals surface area contributed by atoms with Crippen LogP contribution in [0.4, 0.5) is 5.13 Å². The Labute approximate surface area is 99.1 Å². The second-order valence-corrected chi connectivity index (χ2v) is 4.69. The summed E-state index contributed by atoms with van der Waals surface area (Å²) >= 11 is 1.27. The second-order valence-electron chi connectivity index (χ2n) is 3.94. The first-order chi connectivity index (χ1) is 7.51. The van der Waals surface area contributed by atoms with Crippen LogP contribution in [-0.2, 0) is 11.2 Å². The minimum absolute atomic E-state index is 0.372. The minimum atomic E-state index is -0.789. The Kier molecular flexibility index (Phi) is 4.23. The summed E-state index contributed by atoms with van der Waals surface area (Å²) in [6.07, 6.45) is 1.37. The van der Waals surface area contributed by atoms with Crippen molar-refractivity contribution in [2.75, 3.05) is 11.9 Å². The molecular weight excluding hydrogens is 226 g/mol. The first-order valence-electron chi connectivity index (χ1n) is 5.31. The maximum atomic E-state index is 11.1. The monoisotopic (exact) mass is 243 g/mol. The Bertz CT molecular complexity index is 367. The van der Waals surface area contributed by atoms with Gasteiger partial charge in [-0.1, -0.05) is 13.8 Å². The van der Waals surface area contributed by atoms with Crippen LogP contribution in [0.15, 0.2) is 0 Å². The quantitative estimate of drug-likeness (QED) is 0.799. The number of nitrogens with zero attached hydrogens (tertiary/aromatic N) is 2. The van der Waals surface area contributed by atoms with Gasteiger partial charge in [-0.3, -0.25) is 4.79 Å². The predicted molar refractivity (Wildman–Crippen MR) is 63.8 cm³/mol. The summed E-state index contributed by atoms with van der Waals surface area (Å²) in [4.78, 5) is 15.3. The van der Waals surface area contributed by atoms with Gasteiger partial charge in [-0.2, -0.15) is 4.37 Å². The lowest BCUT2D eigenvalue weighted by Gasteiger charge is -2.22. The summed E-state index contributed by atoms with van der Waals surface area (Å²) in [6, 6.07) is 0. The highest BCUT2D eigenvalue weighted by atomic mass is 32.1. The number of rotatable bonds is 6. The van der Waals surface area contributed by atoms with E-state index in [2.05, 4.69) is 14.7 Å². The summed E-state index contributed by atoms with van der Waals surface area (Å²) in [5.74, 6) is 0.00348. The van der Waals surface area contributed by atoms with Crippen molar-refractivity contribution >= 4 is 22.6 Å². The maximum Gasteiger partial charge on any atom is 0.311 e. The number of anilines is 1. The van der Waals surface area contributed by atoms with Crippen LogP contribution in [0.25, 0.3) is 0 Å². The van der Waals surface area contributed by atoms with Crippen molar-refractivity contribution in [3.05, 3.63) is 5.82 Å². The maximum absolute atomic E-state index is 11.1. The lowest BCUT2D eigenvalue weighted by molar-refractivity contribution is -0.147. The van der Waals surface area contributed by atoms with Gasteiger partial charge in [0.15, 0.2) is 0 Å². The number of carbonyl (C=O) groups is 1. The van der Waals surface area contributed by atoms with Gasteiger partial charge in [0.05, 0.1) is 5.41 Å². The molecule has 0 aliphatic heterocycles. The third-order valence-electron chi connectivity index (χ3n) is 2.71. The van der Waals surface area contributed by atoms with E-state index in [-0.39, 0.29) is 0 Å². The van der Waals surface area contributed by atoms with Crippen molar-refractivity contribution in [3.8, 4) is 0 Å². The molecule has 0 spiro atoms. The highest BCUT2D eigenvalue weighted by Gasteiger charge is 2.31.